The Bertz CT molecular complexity index is 78.9. The number of hydrogen-bond donors (Lipinski definition) is 2. The molecule has 0 aliphatic rings. The molecule has 0 unspecified atom stereocenters. The Hall–Kier alpha value is -0.450. The maximum absolute atomic E-state index is 8.60. The quantitative estimate of drug-likeness (QED) is 0.312. The zero-order valence-corrected chi connectivity index (χ0v) is 6.15. The zero-order valence-electron chi connectivity index (χ0n) is 4.58. The molecule has 2 N–H and O–H groups in total. The van der Waals surface area contributed by atoms with Crippen LogP contribution in [0.15, 0.2) is 0 Å². The minimum Gasteiger partial charge on any atom is -0.328 e. The van der Waals surface area contributed by atoms with Crippen molar-refractivity contribution in [2.75, 3.05) is 0 Å². The van der Waals surface area contributed by atoms with E-state index in [0.717, 1.165) is 0 Å². The lowest BCUT2D eigenvalue weighted by Crippen LogP contribution is -2.58. The number of hydrogen-bond acceptors (Lipinski definition) is 6. The lowest BCUT2D eigenvalue weighted by Gasteiger charge is -2.03. The Morgan fingerprint density at radius 2 is 1.27 bits per heavy atom. The number of rotatable bonds is 0. The molecule has 0 bridgehead atoms. The summed E-state index contributed by atoms with van der Waals surface area (Å²) in [6.07, 6.45) is 0. The molecular formula is H4Cl2FNO7. The third-order valence-electron chi connectivity index (χ3n) is 0. The molecule has 0 aromatic carbocycles. The first-order chi connectivity index (χ1) is 3.73. The highest BCUT2D eigenvalue weighted by molar-refractivity contribution is 5.85. The van der Waals surface area contributed by atoms with Crippen molar-refractivity contribution in [1.29, 1.82) is 0 Å². The number of halogens is 3. The van der Waals surface area contributed by atoms with Crippen LogP contribution in [0.1, 0.15) is 0 Å². The average Bonchev–Trinajstić information content (AvgIpc) is 1.19. The first kappa shape index (κ1) is 22.4. The second-order valence-corrected chi connectivity index (χ2v) is 1.43. The third kappa shape index (κ3) is 2690. The summed E-state index contributed by atoms with van der Waals surface area (Å²) >= 11 is 0. The van der Waals surface area contributed by atoms with Gasteiger partial charge in [0, 0.05) is 0 Å². The summed E-state index contributed by atoms with van der Waals surface area (Å²) in [5, 5.41) is 13.6. The van der Waals surface area contributed by atoms with Gasteiger partial charge < -0.3 is 5.21 Å². The van der Waals surface area contributed by atoms with Crippen LogP contribution in [0, 0.1) is 20.4 Å². The summed E-state index contributed by atoms with van der Waals surface area (Å²) in [4.78, 5) is 8.36. The van der Waals surface area contributed by atoms with Gasteiger partial charge in [0.2, 0.25) is 0 Å². The van der Waals surface area contributed by atoms with Crippen molar-refractivity contribution < 1.29 is 43.9 Å². The molecule has 0 fully saturated rings. The number of nitrogens with zero attached hydrogens (tertiary/aromatic N) is 1. The summed E-state index contributed by atoms with van der Waals surface area (Å²) in [5.74, 6) is 0. The molecule has 0 saturated carbocycles. The lowest BCUT2D eigenvalue weighted by molar-refractivity contribution is -1.92. The van der Waals surface area contributed by atoms with Crippen LogP contribution in [-0.2, 0) is 0 Å². The standard InChI is InChI=1S/ClHO4.ClH.FH.HNO3/c2-1(3,4)5;;;2-1(3)4/h(H,2,3,4,5);2*1H;(H,2,3,4). The molecule has 11 heavy (non-hydrogen) atoms. The minimum absolute atomic E-state index is 0. The molecule has 0 rings (SSSR count). The molecule has 0 aromatic heterocycles. The van der Waals surface area contributed by atoms with Gasteiger partial charge in [-0.3, -0.25) is 4.70 Å². The van der Waals surface area contributed by atoms with Gasteiger partial charge >= 0.3 is 0 Å². The predicted molar refractivity (Wildman–Crippen MR) is 20.8 cm³/mol. The first-order valence-corrected chi connectivity index (χ1v) is 2.46. The normalized spacial score (nSPS) is 7.64. The van der Waals surface area contributed by atoms with Crippen molar-refractivity contribution in [3.63, 3.8) is 0 Å². The molecule has 0 spiro atoms. The van der Waals surface area contributed by atoms with Crippen LogP contribution in [0.5, 0.6) is 0 Å². The highest BCUT2D eigenvalue weighted by Gasteiger charge is 1.98. The first-order valence-electron chi connectivity index (χ1n) is 1.20. The van der Waals surface area contributed by atoms with E-state index in [1.54, 1.807) is 0 Å². The highest BCUT2D eigenvalue weighted by Crippen LogP contribution is 1.60. The molecule has 72 valence electrons. The second-order valence-electron chi connectivity index (χ2n) is 0.634. The minimum atomic E-state index is -4.69. The molecule has 0 amide bonds. The van der Waals surface area contributed by atoms with E-state index in [9.17, 15) is 0 Å². The summed E-state index contributed by atoms with van der Waals surface area (Å²) < 4.78 is 32.7. The SMILES string of the molecule is Cl.F.O=[N+]([O-])O.[O-][Cl+3]([O-])([O-])O. The van der Waals surface area contributed by atoms with Crippen LogP contribution in [0.4, 0.5) is 4.70 Å². The van der Waals surface area contributed by atoms with E-state index in [2.05, 4.69) is 0 Å². The Kier molecular flexibility index (Phi) is 19.5. The fourth-order valence-corrected chi connectivity index (χ4v) is 0. The summed E-state index contributed by atoms with van der Waals surface area (Å²) in [7, 11) is -4.69. The van der Waals surface area contributed by atoms with E-state index >= 15 is 0 Å². The van der Waals surface area contributed by atoms with Crippen LogP contribution in [0.3, 0.4) is 0 Å². The van der Waals surface area contributed by atoms with Crippen LogP contribution in [0.2, 0.25) is 0 Å². The van der Waals surface area contributed by atoms with Crippen molar-refractivity contribution in [3.05, 3.63) is 10.1 Å². The van der Waals surface area contributed by atoms with Crippen molar-refractivity contribution in [1.82, 2.24) is 0 Å². The maximum Gasteiger partial charge on any atom is 0.291 e. The topological polar surface area (TPSA) is 153 Å². The molecule has 0 heterocycles. The molecule has 0 aliphatic carbocycles. The van der Waals surface area contributed by atoms with E-state index in [4.69, 9.17) is 34.0 Å². The zero-order chi connectivity index (χ0) is 8.08. The van der Waals surface area contributed by atoms with Gasteiger partial charge in [0.25, 0.3) is 5.09 Å². The van der Waals surface area contributed by atoms with E-state index in [-0.39, 0.29) is 17.1 Å². The Balaban J connectivity index is -0.0000000383. The van der Waals surface area contributed by atoms with Crippen molar-refractivity contribution in [2.45, 2.75) is 0 Å². The van der Waals surface area contributed by atoms with Gasteiger partial charge in [0.1, 0.15) is 0 Å². The van der Waals surface area contributed by atoms with Gasteiger partial charge in [0.05, 0.1) is 14.9 Å². The largest absolute Gasteiger partial charge is 0.328 e. The predicted octanol–water partition coefficient (Wildman–Crippen LogP) is -3.90. The van der Waals surface area contributed by atoms with Gasteiger partial charge in [-0.2, -0.15) is 14.0 Å². The fourth-order valence-electron chi connectivity index (χ4n) is 0. The molecule has 8 nitrogen and oxygen atoms in total. The molecular weight excluding hydrogens is 216 g/mol. The van der Waals surface area contributed by atoms with E-state index < -0.39 is 15.3 Å². The van der Waals surface area contributed by atoms with Crippen LogP contribution in [0.25, 0.3) is 0 Å². The van der Waals surface area contributed by atoms with Crippen LogP contribution in [-0.4, -0.2) is 15.0 Å². The Labute approximate surface area is 67.3 Å². The fraction of sp³-hybridized carbons (Fsp3) is 0. The van der Waals surface area contributed by atoms with Gasteiger partial charge in [-0.25, -0.2) is 0 Å². The lowest BCUT2D eigenvalue weighted by atomic mass is 13.1. The van der Waals surface area contributed by atoms with Crippen molar-refractivity contribution >= 4 is 12.4 Å². The maximum atomic E-state index is 8.60. The van der Waals surface area contributed by atoms with Crippen molar-refractivity contribution in [2.24, 2.45) is 0 Å². The summed E-state index contributed by atoms with van der Waals surface area (Å²) in [6.45, 7) is 0. The molecule has 0 aromatic rings. The van der Waals surface area contributed by atoms with Crippen molar-refractivity contribution in [3.8, 4) is 0 Å². The molecule has 0 atom stereocenters. The van der Waals surface area contributed by atoms with Gasteiger partial charge in [-0.1, -0.05) is 0 Å². The average molecular weight is 220 g/mol. The van der Waals surface area contributed by atoms with E-state index in [0.29, 0.717) is 0 Å². The molecule has 0 saturated heterocycles. The van der Waals surface area contributed by atoms with E-state index in [1.807, 2.05) is 0 Å². The smallest absolute Gasteiger partial charge is 0.291 e. The second kappa shape index (κ2) is 9.55. The summed E-state index contributed by atoms with van der Waals surface area (Å²) in [5.41, 5.74) is 0. The van der Waals surface area contributed by atoms with Crippen LogP contribution >= 0.6 is 12.4 Å². The van der Waals surface area contributed by atoms with Gasteiger partial charge in [-0.15, -0.1) is 22.5 Å². The Morgan fingerprint density at radius 1 is 1.27 bits per heavy atom. The monoisotopic (exact) mass is 219 g/mol. The van der Waals surface area contributed by atoms with E-state index in [1.165, 1.54) is 0 Å². The summed E-state index contributed by atoms with van der Waals surface area (Å²) in [6, 6.07) is 0. The molecule has 11 heteroatoms. The van der Waals surface area contributed by atoms with Gasteiger partial charge in [-0.05, 0) is 0 Å². The van der Waals surface area contributed by atoms with Crippen LogP contribution < -0.4 is 14.0 Å². The molecule has 0 aliphatic heterocycles. The Morgan fingerprint density at radius 3 is 1.27 bits per heavy atom. The highest BCUT2D eigenvalue weighted by atomic mass is 35.7. The molecule has 0 radical (unpaired) electrons. The van der Waals surface area contributed by atoms with Gasteiger partial charge in [0.15, 0.2) is 0 Å². The third-order valence-corrected chi connectivity index (χ3v) is 0.